The zero-order valence-electron chi connectivity index (χ0n) is 13.9. The fourth-order valence-electron chi connectivity index (χ4n) is 3.35. The Morgan fingerprint density at radius 1 is 1.05 bits per heavy atom. The van der Waals surface area contributed by atoms with Crippen LogP contribution in [0.1, 0.15) is 34.7 Å². The average Bonchev–Trinajstić information content (AvgIpc) is 2.49. The predicted octanol–water partition coefficient (Wildman–Crippen LogP) is 5.13. The van der Waals surface area contributed by atoms with E-state index in [1.165, 1.54) is 16.7 Å². The van der Waals surface area contributed by atoms with Crippen molar-refractivity contribution in [1.29, 1.82) is 0 Å². The molecule has 0 aromatic heterocycles. The summed E-state index contributed by atoms with van der Waals surface area (Å²) < 4.78 is 13.8. The van der Waals surface area contributed by atoms with Gasteiger partial charge < -0.3 is 4.90 Å². The van der Waals surface area contributed by atoms with Gasteiger partial charge in [-0.25, -0.2) is 4.39 Å². The van der Waals surface area contributed by atoms with Gasteiger partial charge in [0.05, 0.1) is 5.54 Å². The molecule has 2 aromatic carbocycles. The summed E-state index contributed by atoms with van der Waals surface area (Å²) in [5.41, 5.74) is 6.35. The van der Waals surface area contributed by atoms with Gasteiger partial charge in [-0.05, 0) is 56.5 Å². The molecule has 22 heavy (non-hydrogen) atoms. The summed E-state index contributed by atoms with van der Waals surface area (Å²) in [7, 11) is 2.08. The first kappa shape index (κ1) is 14.8. The maximum absolute atomic E-state index is 13.8. The lowest BCUT2D eigenvalue weighted by Crippen LogP contribution is -2.42. The first-order chi connectivity index (χ1) is 10.3. The summed E-state index contributed by atoms with van der Waals surface area (Å²) in [4.78, 5) is 2.25. The normalized spacial score (nSPS) is 20.2. The molecule has 1 unspecified atom stereocenters. The molecule has 0 radical (unpaired) electrons. The number of hydrogen-bond donors (Lipinski definition) is 0. The Labute approximate surface area is 132 Å². The number of likely N-dealkylation sites (N-methyl/N-ethyl adjacent to an activating group) is 1. The van der Waals surface area contributed by atoms with E-state index in [0.29, 0.717) is 5.56 Å². The van der Waals surface area contributed by atoms with E-state index in [2.05, 4.69) is 63.1 Å². The molecule has 0 aliphatic carbocycles. The standard InChI is InChI=1S/C20H22FN/c1-13-6-7-14(2)17(12-13)20(4)11-10-16-15(3)18(21)8-9-19(16)22(20)5/h6-12H,1-5H3. The molecule has 2 heteroatoms. The molecule has 0 bridgehead atoms. The Morgan fingerprint density at radius 3 is 2.50 bits per heavy atom. The minimum absolute atomic E-state index is 0.146. The second kappa shape index (κ2) is 4.98. The maximum atomic E-state index is 13.8. The lowest BCUT2D eigenvalue weighted by molar-refractivity contribution is 0.570. The van der Waals surface area contributed by atoms with Crippen molar-refractivity contribution < 1.29 is 4.39 Å². The van der Waals surface area contributed by atoms with Crippen molar-refractivity contribution in [2.45, 2.75) is 33.2 Å². The zero-order chi connectivity index (χ0) is 16.1. The fraction of sp³-hybridized carbons (Fsp3) is 0.300. The van der Waals surface area contributed by atoms with E-state index in [4.69, 9.17) is 0 Å². The van der Waals surface area contributed by atoms with Gasteiger partial charge in [0.1, 0.15) is 5.82 Å². The van der Waals surface area contributed by atoms with E-state index in [9.17, 15) is 4.39 Å². The topological polar surface area (TPSA) is 3.24 Å². The van der Waals surface area contributed by atoms with Gasteiger partial charge in [0, 0.05) is 18.3 Å². The second-order valence-corrected chi connectivity index (χ2v) is 6.46. The Bertz CT molecular complexity index is 776. The number of benzene rings is 2. The van der Waals surface area contributed by atoms with Crippen molar-refractivity contribution in [3.63, 3.8) is 0 Å². The van der Waals surface area contributed by atoms with Gasteiger partial charge in [-0.2, -0.15) is 0 Å². The van der Waals surface area contributed by atoms with E-state index in [1.54, 1.807) is 6.07 Å². The largest absolute Gasteiger partial charge is 0.361 e. The number of hydrogen-bond acceptors (Lipinski definition) is 1. The molecule has 1 aliphatic rings. The number of anilines is 1. The van der Waals surface area contributed by atoms with Crippen LogP contribution in [0, 0.1) is 26.6 Å². The average molecular weight is 295 g/mol. The summed E-state index contributed by atoms with van der Waals surface area (Å²) in [5, 5.41) is 0. The quantitative estimate of drug-likeness (QED) is 0.705. The molecule has 1 atom stereocenters. The number of nitrogens with zero attached hydrogens (tertiary/aromatic N) is 1. The highest BCUT2D eigenvalue weighted by molar-refractivity contribution is 5.76. The summed E-state index contributed by atoms with van der Waals surface area (Å²) >= 11 is 0. The molecular formula is C20H22FN. The number of fused-ring (bicyclic) bond motifs is 1. The SMILES string of the molecule is Cc1ccc(C)c(C2(C)C=Cc3c(ccc(F)c3C)N2C)c1. The summed E-state index contributed by atoms with van der Waals surface area (Å²) in [6, 6.07) is 10.0. The second-order valence-electron chi connectivity index (χ2n) is 6.46. The van der Waals surface area contributed by atoms with Crippen molar-refractivity contribution in [2.24, 2.45) is 0 Å². The summed E-state index contributed by atoms with van der Waals surface area (Å²) in [6.07, 6.45) is 4.25. The molecule has 3 rings (SSSR count). The fourth-order valence-corrected chi connectivity index (χ4v) is 3.35. The van der Waals surface area contributed by atoms with Crippen LogP contribution in [0.5, 0.6) is 0 Å². The molecule has 0 amide bonds. The van der Waals surface area contributed by atoms with Gasteiger partial charge in [-0.15, -0.1) is 0 Å². The maximum Gasteiger partial charge on any atom is 0.126 e. The molecule has 0 N–H and O–H groups in total. The van der Waals surface area contributed by atoms with E-state index in [1.807, 2.05) is 13.0 Å². The summed E-state index contributed by atoms with van der Waals surface area (Å²) in [5.74, 6) is -0.146. The predicted molar refractivity (Wildman–Crippen MR) is 91.8 cm³/mol. The van der Waals surface area contributed by atoms with Gasteiger partial charge in [0.25, 0.3) is 0 Å². The van der Waals surface area contributed by atoms with Crippen LogP contribution in [0.15, 0.2) is 36.4 Å². The monoisotopic (exact) mass is 295 g/mol. The third kappa shape index (κ3) is 2.06. The molecule has 0 saturated carbocycles. The first-order valence-electron chi connectivity index (χ1n) is 7.64. The molecule has 2 aromatic rings. The van der Waals surface area contributed by atoms with E-state index in [0.717, 1.165) is 11.3 Å². The highest BCUT2D eigenvalue weighted by Crippen LogP contribution is 2.42. The van der Waals surface area contributed by atoms with Crippen LogP contribution in [-0.2, 0) is 5.54 Å². The molecule has 0 saturated heterocycles. The van der Waals surface area contributed by atoms with E-state index in [-0.39, 0.29) is 11.4 Å². The number of aryl methyl sites for hydroxylation is 2. The minimum atomic E-state index is -0.229. The van der Waals surface area contributed by atoms with Crippen molar-refractivity contribution >= 4 is 11.8 Å². The Morgan fingerprint density at radius 2 is 1.77 bits per heavy atom. The van der Waals surface area contributed by atoms with Crippen molar-refractivity contribution in [1.82, 2.24) is 0 Å². The molecule has 0 fully saturated rings. The Balaban J connectivity index is 2.19. The van der Waals surface area contributed by atoms with Gasteiger partial charge >= 0.3 is 0 Å². The lowest BCUT2D eigenvalue weighted by atomic mass is 9.82. The zero-order valence-corrected chi connectivity index (χ0v) is 13.9. The highest BCUT2D eigenvalue weighted by Gasteiger charge is 2.34. The van der Waals surface area contributed by atoms with Gasteiger partial charge in [0.2, 0.25) is 0 Å². The Hall–Kier alpha value is -2.09. The molecule has 114 valence electrons. The molecular weight excluding hydrogens is 273 g/mol. The van der Waals surface area contributed by atoms with Crippen LogP contribution in [-0.4, -0.2) is 7.05 Å². The Kier molecular flexibility index (Phi) is 3.36. The highest BCUT2D eigenvalue weighted by atomic mass is 19.1. The number of halogens is 1. The van der Waals surface area contributed by atoms with E-state index < -0.39 is 0 Å². The van der Waals surface area contributed by atoms with E-state index >= 15 is 0 Å². The lowest BCUT2D eigenvalue weighted by Gasteiger charge is -2.43. The van der Waals surface area contributed by atoms with Crippen LogP contribution in [0.4, 0.5) is 10.1 Å². The number of rotatable bonds is 1. The third-order valence-electron chi connectivity index (χ3n) is 5.00. The molecule has 1 nitrogen and oxygen atoms in total. The van der Waals surface area contributed by atoms with Gasteiger partial charge in [-0.3, -0.25) is 0 Å². The molecule has 1 heterocycles. The smallest absolute Gasteiger partial charge is 0.126 e. The van der Waals surface area contributed by atoms with Crippen LogP contribution in [0.25, 0.3) is 6.08 Å². The van der Waals surface area contributed by atoms with Crippen molar-refractivity contribution in [2.75, 3.05) is 11.9 Å². The van der Waals surface area contributed by atoms with Crippen LogP contribution >= 0.6 is 0 Å². The molecule has 0 spiro atoms. The summed E-state index contributed by atoms with van der Waals surface area (Å²) in [6.45, 7) is 8.32. The minimum Gasteiger partial charge on any atom is -0.361 e. The van der Waals surface area contributed by atoms with Crippen LogP contribution < -0.4 is 4.90 Å². The van der Waals surface area contributed by atoms with Gasteiger partial charge in [0.15, 0.2) is 0 Å². The first-order valence-corrected chi connectivity index (χ1v) is 7.64. The van der Waals surface area contributed by atoms with Gasteiger partial charge in [-0.1, -0.05) is 35.9 Å². The van der Waals surface area contributed by atoms with Crippen LogP contribution in [0.2, 0.25) is 0 Å². The van der Waals surface area contributed by atoms with Crippen molar-refractivity contribution in [3.8, 4) is 0 Å². The van der Waals surface area contributed by atoms with Crippen LogP contribution in [0.3, 0.4) is 0 Å². The molecule has 1 aliphatic heterocycles. The third-order valence-corrected chi connectivity index (χ3v) is 5.00. The van der Waals surface area contributed by atoms with Crippen molar-refractivity contribution in [3.05, 3.63) is 70.0 Å².